The first-order valence-corrected chi connectivity index (χ1v) is 6.79. The first kappa shape index (κ1) is 12.9. The van der Waals surface area contributed by atoms with Crippen LogP contribution in [0, 0.1) is 0 Å². The number of benzene rings is 1. The fourth-order valence-corrected chi connectivity index (χ4v) is 2.92. The molecule has 2 aromatic rings. The zero-order valence-corrected chi connectivity index (χ0v) is 11.6. The number of aromatic nitrogens is 1. The maximum Gasteiger partial charge on any atom is 0.321 e. The van der Waals surface area contributed by atoms with E-state index in [0.717, 1.165) is 22.0 Å². The molecule has 1 aliphatic rings. The molecule has 4 nitrogen and oxygen atoms in total. The fourth-order valence-electron chi connectivity index (χ4n) is 2.92. The monoisotopic (exact) mass is 270 g/mol. The molecule has 0 unspecified atom stereocenters. The van der Waals surface area contributed by atoms with Crippen molar-refractivity contribution < 1.29 is 9.90 Å². The number of nitrogens with one attached hydrogen (secondary N) is 2. The predicted molar refractivity (Wildman–Crippen MR) is 78.7 cm³/mol. The Morgan fingerprint density at radius 3 is 2.90 bits per heavy atom. The molecule has 1 aromatic carbocycles. The van der Waals surface area contributed by atoms with Crippen LogP contribution in [-0.2, 0) is 11.2 Å². The Kier molecular flexibility index (Phi) is 3.10. The molecule has 3 rings (SSSR count). The van der Waals surface area contributed by atoms with Crippen molar-refractivity contribution in [2.75, 3.05) is 0 Å². The molecule has 4 heteroatoms. The van der Waals surface area contributed by atoms with Gasteiger partial charge in [0.05, 0.1) is 6.04 Å². The van der Waals surface area contributed by atoms with Gasteiger partial charge in [-0.3, -0.25) is 10.1 Å². The Labute approximate surface area is 117 Å². The van der Waals surface area contributed by atoms with Crippen LogP contribution in [0.2, 0.25) is 0 Å². The molecular formula is C16H18N2O2. The molecule has 20 heavy (non-hydrogen) atoms. The summed E-state index contributed by atoms with van der Waals surface area (Å²) in [4.78, 5) is 14.7. The highest BCUT2D eigenvalue weighted by Crippen LogP contribution is 2.32. The number of carboxylic acid groups (broad SMARTS) is 1. The minimum Gasteiger partial charge on any atom is -0.480 e. The molecule has 0 radical (unpaired) electrons. The lowest BCUT2D eigenvalue weighted by atomic mass is 9.99. The van der Waals surface area contributed by atoms with E-state index in [1.807, 2.05) is 32.2 Å². The average Bonchev–Trinajstić information content (AvgIpc) is 2.72. The normalized spacial score (nSPS) is 21.5. The summed E-state index contributed by atoms with van der Waals surface area (Å²) in [5.41, 5.74) is 4.45. The third-order valence-corrected chi connectivity index (χ3v) is 3.76. The Bertz CT molecular complexity index is 696. The van der Waals surface area contributed by atoms with Crippen LogP contribution in [0.4, 0.5) is 0 Å². The maximum absolute atomic E-state index is 11.4. The number of rotatable bonds is 2. The maximum atomic E-state index is 11.4. The molecule has 1 aromatic heterocycles. The summed E-state index contributed by atoms with van der Waals surface area (Å²) in [6, 6.07) is 5.47. The van der Waals surface area contributed by atoms with Gasteiger partial charge in [0, 0.05) is 23.5 Å². The van der Waals surface area contributed by atoms with Crippen LogP contribution in [0.15, 0.2) is 36.0 Å². The van der Waals surface area contributed by atoms with Gasteiger partial charge < -0.3 is 10.1 Å². The summed E-state index contributed by atoms with van der Waals surface area (Å²) in [6.45, 7) is 4.06. The molecule has 2 heterocycles. The van der Waals surface area contributed by atoms with Crippen LogP contribution in [0.3, 0.4) is 0 Å². The standard InChI is InChI=1S/C16H18N2O2/c1-9(2)6-13-11-4-3-5-12-15(11)10(8-17-12)7-14(18-13)16(19)20/h3-6,8,13-14,17-18H,7H2,1-2H3,(H,19,20)/t13-,14-/m1/s1. The van der Waals surface area contributed by atoms with Gasteiger partial charge in [-0.05, 0) is 31.0 Å². The second-order valence-electron chi connectivity index (χ2n) is 5.57. The van der Waals surface area contributed by atoms with E-state index in [2.05, 4.69) is 22.4 Å². The molecule has 0 bridgehead atoms. The van der Waals surface area contributed by atoms with Crippen LogP contribution < -0.4 is 5.32 Å². The highest BCUT2D eigenvalue weighted by molar-refractivity contribution is 5.89. The van der Waals surface area contributed by atoms with Crippen LogP contribution in [-0.4, -0.2) is 22.1 Å². The second-order valence-corrected chi connectivity index (χ2v) is 5.57. The lowest BCUT2D eigenvalue weighted by Gasteiger charge is -2.19. The van der Waals surface area contributed by atoms with Gasteiger partial charge >= 0.3 is 5.97 Å². The highest BCUT2D eigenvalue weighted by Gasteiger charge is 2.28. The fraction of sp³-hybridized carbons (Fsp3) is 0.312. The highest BCUT2D eigenvalue weighted by atomic mass is 16.4. The number of aliphatic carboxylic acids is 1. The van der Waals surface area contributed by atoms with E-state index >= 15 is 0 Å². The van der Waals surface area contributed by atoms with Gasteiger partial charge in [0.15, 0.2) is 0 Å². The number of carboxylic acids is 1. The van der Waals surface area contributed by atoms with Crippen molar-refractivity contribution in [3.63, 3.8) is 0 Å². The van der Waals surface area contributed by atoms with Gasteiger partial charge in [-0.1, -0.05) is 23.8 Å². The molecule has 0 saturated heterocycles. The van der Waals surface area contributed by atoms with E-state index in [1.54, 1.807) is 0 Å². The van der Waals surface area contributed by atoms with E-state index in [4.69, 9.17) is 0 Å². The van der Waals surface area contributed by atoms with Crippen LogP contribution in [0.5, 0.6) is 0 Å². The van der Waals surface area contributed by atoms with Gasteiger partial charge in [0.25, 0.3) is 0 Å². The Balaban J connectivity index is 2.20. The third kappa shape index (κ3) is 2.12. The van der Waals surface area contributed by atoms with E-state index in [9.17, 15) is 9.90 Å². The van der Waals surface area contributed by atoms with E-state index in [1.165, 1.54) is 5.57 Å². The van der Waals surface area contributed by atoms with Gasteiger partial charge in [-0.2, -0.15) is 0 Å². The molecule has 0 fully saturated rings. The lowest BCUT2D eigenvalue weighted by molar-refractivity contribution is -0.139. The summed E-state index contributed by atoms with van der Waals surface area (Å²) in [5.74, 6) is -0.806. The largest absolute Gasteiger partial charge is 0.480 e. The minimum atomic E-state index is -0.806. The molecular weight excluding hydrogens is 252 g/mol. The molecule has 2 atom stereocenters. The molecule has 1 aliphatic heterocycles. The number of allylic oxidation sites excluding steroid dienone is 1. The van der Waals surface area contributed by atoms with Crippen molar-refractivity contribution in [2.45, 2.75) is 32.4 Å². The summed E-state index contributed by atoms with van der Waals surface area (Å²) in [6.07, 6.45) is 4.52. The van der Waals surface area contributed by atoms with Crippen LogP contribution >= 0.6 is 0 Å². The smallest absolute Gasteiger partial charge is 0.321 e. The average molecular weight is 270 g/mol. The molecule has 3 N–H and O–H groups in total. The number of H-pyrrole nitrogens is 1. The molecule has 0 spiro atoms. The zero-order valence-electron chi connectivity index (χ0n) is 11.6. The third-order valence-electron chi connectivity index (χ3n) is 3.76. The summed E-state index contributed by atoms with van der Waals surface area (Å²) in [7, 11) is 0. The topological polar surface area (TPSA) is 65.1 Å². The zero-order chi connectivity index (χ0) is 14.3. The lowest BCUT2D eigenvalue weighted by Crippen LogP contribution is -2.39. The Morgan fingerprint density at radius 2 is 2.20 bits per heavy atom. The van der Waals surface area contributed by atoms with Gasteiger partial charge in [0.1, 0.15) is 6.04 Å². The molecule has 104 valence electrons. The summed E-state index contributed by atoms with van der Waals surface area (Å²) >= 11 is 0. The second kappa shape index (κ2) is 4.80. The van der Waals surface area contributed by atoms with E-state index in [-0.39, 0.29) is 6.04 Å². The van der Waals surface area contributed by atoms with E-state index in [0.29, 0.717) is 6.42 Å². The predicted octanol–water partition coefficient (Wildman–Crippen LogP) is 2.77. The van der Waals surface area contributed by atoms with Crippen molar-refractivity contribution in [1.82, 2.24) is 10.3 Å². The van der Waals surface area contributed by atoms with Crippen molar-refractivity contribution in [2.24, 2.45) is 0 Å². The van der Waals surface area contributed by atoms with E-state index < -0.39 is 12.0 Å². The Morgan fingerprint density at radius 1 is 1.40 bits per heavy atom. The van der Waals surface area contributed by atoms with Gasteiger partial charge in [-0.15, -0.1) is 0 Å². The first-order valence-electron chi connectivity index (χ1n) is 6.79. The van der Waals surface area contributed by atoms with Gasteiger partial charge in [0.2, 0.25) is 0 Å². The van der Waals surface area contributed by atoms with Crippen molar-refractivity contribution in [1.29, 1.82) is 0 Å². The van der Waals surface area contributed by atoms with Crippen molar-refractivity contribution in [3.8, 4) is 0 Å². The number of carbonyl (C=O) groups is 1. The number of hydrogen-bond donors (Lipinski definition) is 3. The number of aromatic amines is 1. The quantitative estimate of drug-likeness (QED) is 0.735. The van der Waals surface area contributed by atoms with Crippen LogP contribution in [0.25, 0.3) is 10.9 Å². The summed E-state index contributed by atoms with van der Waals surface area (Å²) < 4.78 is 0. The molecule has 0 amide bonds. The minimum absolute atomic E-state index is 0.0677. The van der Waals surface area contributed by atoms with Crippen molar-refractivity contribution in [3.05, 3.63) is 47.2 Å². The number of hydrogen-bond acceptors (Lipinski definition) is 2. The Hall–Kier alpha value is -2.07. The SMILES string of the molecule is CC(C)=C[C@H]1N[C@@H](C(=O)O)Cc2c[nH]c3cccc1c23. The summed E-state index contributed by atoms with van der Waals surface area (Å²) in [5, 5.41) is 13.8. The van der Waals surface area contributed by atoms with Crippen molar-refractivity contribution >= 4 is 16.9 Å². The van der Waals surface area contributed by atoms with Gasteiger partial charge in [-0.25, -0.2) is 0 Å². The first-order chi connectivity index (χ1) is 9.56. The molecule has 0 aliphatic carbocycles. The van der Waals surface area contributed by atoms with Crippen LogP contribution in [0.1, 0.15) is 31.0 Å². The molecule has 0 saturated carbocycles.